The normalized spacial score (nSPS) is 16.6. The average molecular weight is 399 g/mol. The molecule has 0 spiro atoms. The first-order valence-electron chi connectivity index (χ1n) is 11.2. The summed E-state index contributed by atoms with van der Waals surface area (Å²) in [6.45, 7) is 2.33. The number of hydrogen-bond donors (Lipinski definition) is 0. The molecule has 0 N–H and O–H groups in total. The minimum Gasteiger partial charge on any atom is -0.371 e. The van der Waals surface area contributed by atoms with Gasteiger partial charge in [-0.15, -0.1) is 0 Å². The van der Waals surface area contributed by atoms with Crippen LogP contribution in [0.3, 0.4) is 0 Å². The van der Waals surface area contributed by atoms with Gasteiger partial charge in [-0.05, 0) is 72.4 Å². The molecule has 0 bridgehead atoms. The van der Waals surface area contributed by atoms with Crippen molar-refractivity contribution in [2.45, 2.75) is 38.5 Å². The number of piperidine rings is 1. The predicted octanol–water partition coefficient (Wildman–Crippen LogP) is 5.15. The largest absolute Gasteiger partial charge is 0.371 e. The molecule has 1 aliphatic carbocycles. The van der Waals surface area contributed by atoms with Crippen molar-refractivity contribution in [3.8, 4) is 0 Å². The van der Waals surface area contributed by atoms with E-state index in [0.29, 0.717) is 0 Å². The summed E-state index contributed by atoms with van der Waals surface area (Å²) in [6.07, 6.45) is 11.2. The second kappa shape index (κ2) is 8.47. The zero-order chi connectivity index (χ0) is 20.3. The molecule has 2 heterocycles. The topological polar surface area (TPSA) is 34.0 Å². The standard InChI is InChI=1S/C26H30N4/c1-29-26(27-19-28-29)11-4-6-20-12-14-30(15-13-20)25-10-5-9-23(18-25)24-16-21-7-2-3-8-22(21)17-24/h2-3,5,7-10,16,18-20H,4,6,11-15,17H2,1H3. The molecular weight excluding hydrogens is 368 g/mol. The van der Waals surface area contributed by atoms with Crippen LogP contribution < -0.4 is 4.90 Å². The summed E-state index contributed by atoms with van der Waals surface area (Å²) in [4.78, 5) is 6.92. The van der Waals surface area contributed by atoms with Gasteiger partial charge < -0.3 is 4.90 Å². The SMILES string of the molecule is Cn1ncnc1CCCC1CCN(c2cccc(C3=Cc4ccccc4C3)c2)CC1. The Morgan fingerprint density at radius 3 is 2.70 bits per heavy atom. The van der Waals surface area contributed by atoms with Crippen LogP contribution in [0.15, 0.2) is 54.9 Å². The van der Waals surface area contributed by atoms with E-state index in [1.165, 1.54) is 53.6 Å². The number of hydrogen-bond acceptors (Lipinski definition) is 3. The maximum absolute atomic E-state index is 4.34. The van der Waals surface area contributed by atoms with E-state index in [1.807, 2.05) is 11.7 Å². The maximum atomic E-state index is 4.34. The molecule has 4 nitrogen and oxygen atoms in total. The number of rotatable bonds is 6. The van der Waals surface area contributed by atoms with Crippen LogP contribution in [0, 0.1) is 5.92 Å². The second-order valence-electron chi connectivity index (χ2n) is 8.72. The van der Waals surface area contributed by atoms with E-state index in [2.05, 4.69) is 69.6 Å². The van der Waals surface area contributed by atoms with Crippen molar-refractivity contribution in [3.63, 3.8) is 0 Å². The molecule has 0 saturated carbocycles. The summed E-state index contributed by atoms with van der Waals surface area (Å²) in [7, 11) is 1.98. The third kappa shape index (κ3) is 4.04. The number of nitrogens with zero attached hydrogens (tertiary/aromatic N) is 4. The molecule has 0 radical (unpaired) electrons. The lowest BCUT2D eigenvalue weighted by Crippen LogP contribution is -2.33. The zero-order valence-corrected chi connectivity index (χ0v) is 17.8. The lowest BCUT2D eigenvalue weighted by molar-refractivity contribution is 0.371. The molecule has 2 aliphatic rings. The minimum atomic E-state index is 0.838. The van der Waals surface area contributed by atoms with Crippen molar-refractivity contribution in [1.29, 1.82) is 0 Å². The van der Waals surface area contributed by atoms with Crippen LogP contribution in [0.25, 0.3) is 11.6 Å². The van der Waals surface area contributed by atoms with E-state index in [0.717, 1.165) is 37.7 Å². The first kappa shape index (κ1) is 19.1. The van der Waals surface area contributed by atoms with Crippen LogP contribution in [0.5, 0.6) is 0 Å². The monoisotopic (exact) mass is 398 g/mol. The Morgan fingerprint density at radius 1 is 1.03 bits per heavy atom. The van der Waals surface area contributed by atoms with Gasteiger partial charge in [-0.1, -0.05) is 42.5 Å². The molecule has 5 rings (SSSR count). The fourth-order valence-electron chi connectivity index (χ4n) is 4.94. The summed E-state index contributed by atoms with van der Waals surface area (Å²) in [6, 6.07) is 17.9. The highest BCUT2D eigenvalue weighted by Gasteiger charge is 2.20. The Kier molecular flexibility index (Phi) is 5.39. The van der Waals surface area contributed by atoms with E-state index in [9.17, 15) is 0 Å². The highest BCUT2D eigenvalue weighted by Crippen LogP contribution is 2.34. The quantitative estimate of drug-likeness (QED) is 0.576. The van der Waals surface area contributed by atoms with Gasteiger partial charge in [-0.2, -0.15) is 5.10 Å². The Labute approximate surface area is 179 Å². The van der Waals surface area contributed by atoms with Gasteiger partial charge in [0.1, 0.15) is 12.2 Å². The predicted molar refractivity (Wildman–Crippen MR) is 123 cm³/mol. The summed E-state index contributed by atoms with van der Waals surface area (Å²) >= 11 is 0. The summed E-state index contributed by atoms with van der Waals surface area (Å²) in [5.41, 5.74) is 7.01. The molecule has 2 aromatic carbocycles. The number of aryl methyl sites for hydroxylation is 2. The Balaban J connectivity index is 1.16. The first-order chi connectivity index (χ1) is 14.8. The lowest BCUT2D eigenvalue weighted by Gasteiger charge is -2.34. The van der Waals surface area contributed by atoms with Crippen molar-refractivity contribution in [2.24, 2.45) is 13.0 Å². The number of aromatic nitrogens is 3. The van der Waals surface area contributed by atoms with Gasteiger partial charge in [0.05, 0.1) is 0 Å². The molecule has 1 saturated heterocycles. The van der Waals surface area contributed by atoms with E-state index in [4.69, 9.17) is 0 Å². The molecule has 154 valence electrons. The van der Waals surface area contributed by atoms with Gasteiger partial charge in [-0.25, -0.2) is 4.98 Å². The van der Waals surface area contributed by atoms with Crippen LogP contribution >= 0.6 is 0 Å². The number of fused-ring (bicyclic) bond motifs is 1. The summed E-state index contributed by atoms with van der Waals surface area (Å²) < 4.78 is 1.90. The van der Waals surface area contributed by atoms with Crippen molar-refractivity contribution in [2.75, 3.05) is 18.0 Å². The molecule has 4 heteroatoms. The molecule has 0 amide bonds. The molecule has 0 unspecified atom stereocenters. The average Bonchev–Trinajstić information content (AvgIpc) is 3.40. The number of benzene rings is 2. The van der Waals surface area contributed by atoms with Crippen molar-refractivity contribution in [3.05, 3.63) is 77.4 Å². The van der Waals surface area contributed by atoms with E-state index in [1.54, 1.807) is 6.33 Å². The van der Waals surface area contributed by atoms with E-state index >= 15 is 0 Å². The van der Waals surface area contributed by atoms with Crippen LogP contribution in [-0.2, 0) is 19.9 Å². The Morgan fingerprint density at radius 2 is 1.90 bits per heavy atom. The van der Waals surface area contributed by atoms with Crippen molar-refractivity contribution < 1.29 is 0 Å². The molecule has 1 aliphatic heterocycles. The highest BCUT2D eigenvalue weighted by molar-refractivity contribution is 5.89. The molecule has 1 aromatic heterocycles. The number of allylic oxidation sites excluding steroid dienone is 1. The van der Waals surface area contributed by atoms with Crippen molar-refractivity contribution >= 4 is 17.3 Å². The minimum absolute atomic E-state index is 0.838. The molecule has 0 atom stereocenters. The second-order valence-corrected chi connectivity index (χ2v) is 8.72. The van der Waals surface area contributed by atoms with Crippen molar-refractivity contribution in [1.82, 2.24) is 14.8 Å². The van der Waals surface area contributed by atoms with Crippen LogP contribution in [-0.4, -0.2) is 27.9 Å². The van der Waals surface area contributed by atoms with Crippen LogP contribution in [0.2, 0.25) is 0 Å². The molecular formula is C26H30N4. The fraction of sp³-hybridized carbons (Fsp3) is 0.385. The van der Waals surface area contributed by atoms with Gasteiger partial charge in [-0.3, -0.25) is 4.68 Å². The first-order valence-corrected chi connectivity index (χ1v) is 11.2. The molecule has 1 fully saturated rings. The molecule has 30 heavy (non-hydrogen) atoms. The van der Waals surface area contributed by atoms with Crippen LogP contribution in [0.1, 0.15) is 48.2 Å². The van der Waals surface area contributed by atoms with Gasteiger partial charge in [0.15, 0.2) is 0 Å². The van der Waals surface area contributed by atoms with Crippen LogP contribution in [0.4, 0.5) is 5.69 Å². The van der Waals surface area contributed by atoms with Gasteiger partial charge in [0, 0.05) is 32.2 Å². The Bertz CT molecular complexity index is 1040. The van der Waals surface area contributed by atoms with Gasteiger partial charge in [0.25, 0.3) is 0 Å². The van der Waals surface area contributed by atoms with Gasteiger partial charge >= 0.3 is 0 Å². The third-order valence-corrected chi connectivity index (χ3v) is 6.78. The number of anilines is 1. The maximum Gasteiger partial charge on any atom is 0.138 e. The molecule has 3 aromatic rings. The summed E-state index contributed by atoms with van der Waals surface area (Å²) in [5, 5.41) is 4.17. The van der Waals surface area contributed by atoms with E-state index in [-0.39, 0.29) is 0 Å². The highest BCUT2D eigenvalue weighted by atomic mass is 15.3. The van der Waals surface area contributed by atoms with Gasteiger partial charge in [0.2, 0.25) is 0 Å². The summed E-state index contributed by atoms with van der Waals surface area (Å²) in [5.74, 6) is 1.94. The third-order valence-electron chi connectivity index (χ3n) is 6.78. The zero-order valence-electron chi connectivity index (χ0n) is 17.8. The Hall–Kier alpha value is -2.88. The fourth-order valence-corrected chi connectivity index (χ4v) is 4.94. The van der Waals surface area contributed by atoms with E-state index < -0.39 is 0 Å². The lowest BCUT2D eigenvalue weighted by atomic mass is 9.91. The smallest absolute Gasteiger partial charge is 0.138 e.